The summed E-state index contributed by atoms with van der Waals surface area (Å²) in [4.78, 5) is 0.647. The molecule has 0 saturated carbocycles. The highest BCUT2D eigenvalue weighted by Gasteiger charge is 2.16. The molecule has 0 saturated heterocycles. The van der Waals surface area contributed by atoms with Gasteiger partial charge in [-0.05, 0) is 19.1 Å². The lowest BCUT2D eigenvalue weighted by atomic mass is 10.1. The van der Waals surface area contributed by atoms with Crippen LogP contribution in [0.5, 0.6) is 0 Å². The summed E-state index contributed by atoms with van der Waals surface area (Å²) in [5.41, 5.74) is 2.59. The van der Waals surface area contributed by atoms with Gasteiger partial charge in [-0.25, -0.2) is 4.39 Å². The van der Waals surface area contributed by atoms with Crippen molar-refractivity contribution in [2.24, 2.45) is 0 Å². The molecule has 0 aliphatic rings. The van der Waals surface area contributed by atoms with Crippen LogP contribution < -0.4 is 0 Å². The van der Waals surface area contributed by atoms with Gasteiger partial charge in [-0.2, -0.15) is 9.61 Å². The van der Waals surface area contributed by atoms with E-state index >= 15 is 0 Å². The molecule has 0 fully saturated rings. The molecule has 22 heavy (non-hydrogen) atoms. The van der Waals surface area contributed by atoms with E-state index in [1.807, 2.05) is 31.2 Å². The summed E-state index contributed by atoms with van der Waals surface area (Å²) in [6.07, 6.45) is 0. The smallest absolute Gasteiger partial charge is 0.206 e. The monoisotopic (exact) mass is 310 g/mol. The number of aryl methyl sites for hydroxylation is 1. The quantitative estimate of drug-likeness (QED) is 0.563. The number of nitrogens with zero attached hydrogens (tertiary/aromatic N) is 4. The Kier molecular flexibility index (Phi) is 2.97. The summed E-state index contributed by atoms with van der Waals surface area (Å²) in [5.74, 6) is 0.373. The number of rotatable bonds is 2. The van der Waals surface area contributed by atoms with E-state index < -0.39 is 0 Å². The number of benzene rings is 2. The van der Waals surface area contributed by atoms with E-state index in [0.717, 1.165) is 5.56 Å². The molecule has 4 aromatic rings. The average molecular weight is 310 g/mol. The maximum atomic E-state index is 13.9. The predicted molar refractivity (Wildman–Crippen MR) is 84.2 cm³/mol. The van der Waals surface area contributed by atoms with Crippen LogP contribution in [-0.2, 0) is 0 Å². The summed E-state index contributed by atoms with van der Waals surface area (Å²) in [6, 6.07) is 14.6. The Morgan fingerprint density at radius 2 is 1.77 bits per heavy atom. The fourth-order valence-electron chi connectivity index (χ4n) is 2.24. The third-order valence-corrected chi connectivity index (χ3v) is 4.34. The minimum absolute atomic E-state index is 0.288. The fraction of sp³-hybridized carbons (Fsp3) is 0.0625. The lowest BCUT2D eigenvalue weighted by Crippen LogP contribution is -1.91. The molecule has 108 valence electrons. The lowest BCUT2D eigenvalue weighted by Gasteiger charge is -1.98. The Balaban J connectivity index is 1.86. The van der Waals surface area contributed by atoms with E-state index in [9.17, 15) is 4.39 Å². The highest BCUT2D eigenvalue weighted by Crippen LogP contribution is 2.29. The van der Waals surface area contributed by atoms with Crippen molar-refractivity contribution in [1.82, 2.24) is 19.8 Å². The summed E-state index contributed by atoms with van der Waals surface area (Å²) >= 11 is 1.32. The standard InChI is InChI=1S/C16H11FN4S/c1-10-6-8-11(9-7-10)14-18-19-16-21(14)20-15(22-16)12-4-2-3-5-13(12)17/h2-9H,1H3. The van der Waals surface area contributed by atoms with Crippen LogP contribution in [0.15, 0.2) is 48.5 Å². The predicted octanol–water partition coefficient (Wildman–Crippen LogP) is 3.97. The van der Waals surface area contributed by atoms with Gasteiger partial charge in [0.05, 0.1) is 0 Å². The van der Waals surface area contributed by atoms with Gasteiger partial charge in [-0.3, -0.25) is 0 Å². The number of halogens is 1. The molecule has 2 aromatic carbocycles. The van der Waals surface area contributed by atoms with Crippen molar-refractivity contribution >= 4 is 16.3 Å². The molecule has 4 nitrogen and oxygen atoms in total. The first kappa shape index (κ1) is 13.1. The molecular weight excluding hydrogens is 299 g/mol. The minimum atomic E-state index is -0.288. The van der Waals surface area contributed by atoms with E-state index in [1.54, 1.807) is 22.7 Å². The zero-order valence-electron chi connectivity index (χ0n) is 11.7. The minimum Gasteiger partial charge on any atom is -0.206 e. The first-order valence-electron chi connectivity index (χ1n) is 6.76. The van der Waals surface area contributed by atoms with Crippen LogP contribution in [0.1, 0.15) is 5.56 Å². The highest BCUT2D eigenvalue weighted by molar-refractivity contribution is 7.19. The number of hydrogen-bond acceptors (Lipinski definition) is 4. The molecule has 0 radical (unpaired) electrons. The van der Waals surface area contributed by atoms with Crippen LogP contribution in [-0.4, -0.2) is 19.8 Å². The van der Waals surface area contributed by atoms with E-state index in [2.05, 4.69) is 15.3 Å². The number of fused-ring (bicyclic) bond motifs is 1. The molecular formula is C16H11FN4S. The zero-order chi connectivity index (χ0) is 15.1. The number of aromatic nitrogens is 4. The molecule has 2 heterocycles. The molecule has 0 atom stereocenters. The van der Waals surface area contributed by atoms with Gasteiger partial charge in [0.15, 0.2) is 10.8 Å². The Labute approximate surface area is 129 Å². The third kappa shape index (κ3) is 2.08. The molecule has 0 aliphatic carbocycles. The van der Waals surface area contributed by atoms with Gasteiger partial charge < -0.3 is 0 Å². The van der Waals surface area contributed by atoms with E-state index in [-0.39, 0.29) is 5.82 Å². The Morgan fingerprint density at radius 1 is 1.00 bits per heavy atom. The van der Waals surface area contributed by atoms with E-state index in [1.165, 1.54) is 23.0 Å². The highest BCUT2D eigenvalue weighted by atomic mass is 32.1. The maximum Gasteiger partial charge on any atom is 0.235 e. The van der Waals surface area contributed by atoms with Crippen LogP contribution in [0.3, 0.4) is 0 Å². The molecule has 4 rings (SSSR count). The Hall–Kier alpha value is -2.60. The molecule has 0 bridgehead atoms. The van der Waals surface area contributed by atoms with Gasteiger partial charge in [-0.1, -0.05) is 53.3 Å². The van der Waals surface area contributed by atoms with E-state index in [0.29, 0.717) is 21.4 Å². The van der Waals surface area contributed by atoms with Gasteiger partial charge in [-0.15, -0.1) is 10.2 Å². The van der Waals surface area contributed by atoms with Gasteiger partial charge in [0.25, 0.3) is 0 Å². The summed E-state index contributed by atoms with van der Waals surface area (Å²) in [6.45, 7) is 2.03. The third-order valence-electron chi connectivity index (χ3n) is 3.40. The SMILES string of the molecule is Cc1ccc(-c2nnc3sc(-c4ccccc4F)nn23)cc1. The second-order valence-electron chi connectivity index (χ2n) is 4.97. The average Bonchev–Trinajstić information content (AvgIpc) is 3.09. The van der Waals surface area contributed by atoms with Crippen molar-refractivity contribution in [2.45, 2.75) is 6.92 Å². The first-order valence-corrected chi connectivity index (χ1v) is 7.58. The fourth-order valence-corrected chi connectivity index (χ4v) is 3.11. The Bertz CT molecular complexity index is 956. The largest absolute Gasteiger partial charge is 0.235 e. The van der Waals surface area contributed by atoms with E-state index in [4.69, 9.17) is 0 Å². The molecule has 0 N–H and O–H groups in total. The van der Waals surface area contributed by atoms with Crippen LogP contribution in [0.2, 0.25) is 0 Å². The zero-order valence-corrected chi connectivity index (χ0v) is 12.5. The van der Waals surface area contributed by atoms with Gasteiger partial charge in [0.1, 0.15) is 5.82 Å². The molecule has 0 aliphatic heterocycles. The van der Waals surface area contributed by atoms with Crippen molar-refractivity contribution < 1.29 is 4.39 Å². The molecule has 6 heteroatoms. The van der Waals surface area contributed by atoms with Crippen LogP contribution in [0.25, 0.3) is 26.9 Å². The second-order valence-corrected chi connectivity index (χ2v) is 5.93. The van der Waals surface area contributed by atoms with Crippen molar-refractivity contribution in [3.05, 3.63) is 59.9 Å². The first-order chi connectivity index (χ1) is 10.7. The van der Waals surface area contributed by atoms with Gasteiger partial charge in [0, 0.05) is 11.1 Å². The van der Waals surface area contributed by atoms with Crippen LogP contribution in [0, 0.1) is 12.7 Å². The Morgan fingerprint density at radius 3 is 2.55 bits per heavy atom. The normalized spacial score (nSPS) is 11.2. The van der Waals surface area contributed by atoms with Crippen LogP contribution >= 0.6 is 11.3 Å². The number of hydrogen-bond donors (Lipinski definition) is 0. The molecule has 0 amide bonds. The summed E-state index contributed by atoms with van der Waals surface area (Å²) < 4.78 is 15.6. The maximum absolute atomic E-state index is 13.9. The molecule has 0 unspecified atom stereocenters. The van der Waals surface area contributed by atoms with Crippen LogP contribution in [0.4, 0.5) is 4.39 Å². The van der Waals surface area contributed by atoms with Crippen molar-refractivity contribution in [2.75, 3.05) is 0 Å². The van der Waals surface area contributed by atoms with Crippen molar-refractivity contribution in [3.8, 4) is 22.0 Å². The second kappa shape index (κ2) is 4.99. The summed E-state index contributed by atoms with van der Waals surface area (Å²) in [7, 11) is 0. The van der Waals surface area contributed by atoms with Crippen molar-refractivity contribution in [1.29, 1.82) is 0 Å². The van der Waals surface area contributed by atoms with Gasteiger partial charge in [0.2, 0.25) is 4.96 Å². The molecule has 0 spiro atoms. The topological polar surface area (TPSA) is 43.1 Å². The molecule has 2 aromatic heterocycles. The van der Waals surface area contributed by atoms with Gasteiger partial charge >= 0.3 is 0 Å². The summed E-state index contributed by atoms with van der Waals surface area (Å²) in [5, 5.41) is 13.4. The lowest BCUT2D eigenvalue weighted by molar-refractivity contribution is 0.631. The van der Waals surface area contributed by atoms with Crippen molar-refractivity contribution in [3.63, 3.8) is 0 Å².